The van der Waals surface area contributed by atoms with Crippen molar-refractivity contribution in [2.45, 2.75) is 20.4 Å². The van der Waals surface area contributed by atoms with Crippen molar-refractivity contribution in [1.29, 1.82) is 0 Å². The Morgan fingerprint density at radius 3 is 2.38 bits per heavy atom. The molecule has 0 amide bonds. The minimum absolute atomic E-state index is 0.117. The lowest BCUT2D eigenvalue weighted by molar-refractivity contribution is 0.229. The predicted molar refractivity (Wildman–Crippen MR) is 119 cm³/mol. The predicted octanol–water partition coefficient (Wildman–Crippen LogP) is 6.26. The van der Waals surface area contributed by atoms with E-state index in [0.29, 0.717) is 17.5 Å². The Labute approximate surface area is 183 Å². The third kappa shape index (κ3) is 5.30. The zero-order valence-corrected chi connectivity index (χ0v) is 19.3. The van der Waals surface area contributed by atoms with Crippen LogP contribution in [0.5, 0.6) is 0 Å². The fourth-order valence-electron chi connectivity index (χ4n) is 2.65. The van der Waals surface area contributed by atoms with Gasteiger partial charge in [0.05, 0.1) is 13.2 Å². The van der Waals surface area contributed by atoms with Gasteiger partial charge in [0, 0.05) is 21.6 Å². The molecule has 29 heavy (non-hydrogen) atoms. The van der Waals surface area contributed by atoms with Gasteiger partial charge in [-0.2, -0.15) is 4.98 Å². The highest BCUT2D eigenvalue weighted by molar-refractivity contribution is 9.10. The van der Waals surface area contributed by atoms with E-state index in [0.717, 1.165) is 15.6 Å². The number of nitrogens with zero attached hydrogens (tertiary/aromatic N) is 1. The highest BCUT2D eigenvalue weighted by Gasteiger charge is 2.35. The summed E-state index contributed by atoms with van der Waals surface area (Å²) in [6, 6.07) is 14.9. The van der Waals surface area contributed by atoms with Crippen molar-refractivity contribution in [1.82, 2.24) is 4.98 Å². The van der Waals surface area contributed by atoms with E-state index in [-0.39, 0.29) is 24.5 Å². The lowest BCUT2D eigenvalue weighted by Crippen LogP contribution is -2.16. The van der Waals surface area contributed by atoms with Crippen molar-refractivity contribution < 1.29 is 18.0 Å². The highest BCUT2D eigenvalue weighted by Crippen LogP contribution is 2.49. The third-order valence-electron chi connectivity index (χ3n) is 3.96. The summed E-state index contributed by atoms with van der Waals surface area (Å²) >= 11 is 9.65. The van der Waals surface area contributed by atoms with Crippen LogP contribution in [0.2, 0.25) is 5.02 Å². The van der Waals surface area contributed by atoms with Crippen LogP contribution in [0.3, 0.4) is 0 Å². The Bertz CT molecular complexity index is 1000. The van der Waals surface area contributed by atoms with E-state index in [1.54, 1.807) is 19.9 Å². The third-order valence-corrected chi connectivity index (χ3v) is 6.87. The molecule has 1 aromatic heterocycles. The molecule has 0 atom stereocenters. The fourth-order valence-corrected chi connectivity index (χ4v) is 4.70. The molecule has 0 unspecified atom stereocenters. The summed E-state index contributed by atoms with van der Waals surface area (Å²) in [5.74, 6) is 0.543. The van der Waals surface area contributed by atoms with Gasteiger partial charge >= 0.3 is 7.60 Å². The molecule has 0 spiro atoms. The molecule has 0 aliphatic carbocycles. The number of nitrogens with one attached hydrogen (secondary N) is 1. The summed E-state index contributed by atoms with van der Waals surface area (Å²) in [7, 11) is -3.66. The van der Waals surface area contributed by atoms with Gasteiger partial charge in [-0.25, -0.2) is 0 Å². The number of aromatic nitrogens is 1. The first-order chi connectivity index (χ1) is 14.0. The van der Waals surface area contributed by atoms with Gasteiger partial charge in [-0.15, -0.1) is 0 Å². The van der Waals surface area contributed by atoms with Gasteiger partial charge in [0.25, 0.3) is 0 Å². The van der Waals surface area contributed by atoms with Gasteiger partial charge in [-0.3, -0.25) is 4.57 Å². The van der Waals surface area contributed by atoms with E-state index in [1.807, 2.05) is 42.5 Å². The molecule has 0 radical (unpaired) electrons. The number of hydrogen-bond donors (Lipinski definition) is 1. The maximum absolute atomic E-state index is 13.4. The first-order valence-electron chi connectivity index (χ1n) is 9.10. The molecule has 2 aromatic carbocycles. The maximum Gasteiger partial charge on any atom is 0.385 e. The average molecular weight is 500 g/mol. The maximum atomic E-state index is 13.4. The van der Waals surface area contributed by atoms with Crippen molar-refractivity contribution >= 4 is 46.4 Å². The summed E-state index contributed by atoms with van der Waals surface area (Å²) in [4.78, 5) is 4.46. The Hall–Kier alpha value is -1.63. The number of benzene rings is 2. The van der Waals surface area contributed by atoms with Crippen LogP contribution in [0.1, 0.15) is 19.4 Å². The molecule has 0 aliphatic rings. The van der Waals surface area contributed by atoms with Gasteiger partial charge in [-0.1, -0.05) is 45.7 Å². The molecule has 0 aliphatic heterocycles. The van der Waals surface area contributed by atoms with Crippen LogP contribution >= 0.6 is 35.1 Å². The number of anilines is 1. The first-order valence-corrected chi connectivity index (χ1v) is 11.8. The van der Waals surface area contributed by atoms with Gasteiger partial charge in [-0.05, 0) is 49.7 Å². The minimum Gasteiger partial charge on any atom is -0.420 e. The lowest BCUT2D eigenvalue weighted by Gasteiger charge is -2.15. The van der Waals surface area contributed by atoms with E-state index < -0.39 is 7.60 Å². The smallest absolute Gasteiger partial charge is 0.385 e. The van der Waals surface area contributed by atoms with Gasteiger partial charge in [0.2, 0.25) is 17.2 Å². The average Bonchev–Trinajstić information content (AvgIpc) is 3.13. The SMILES string of the molecule is CCOP(=O)(OCC)c1nc(-c2ccc(Br)cc2)oc1NCc1ccccc1Cl. The number of oxazole rings is 1. The largest absolute Gasteiger partial charge is 0.420 e. The molecular formula is C20H21BrClN2O4P. The minimum atomic E-state index is -3.66. The van der Waals surface area contributed by atoms with Crippen LogP contribution in [0.15, 0.2) is 57.4 Å². The zero-order chi connectivity index (χ0) is 20.9. The quantitative estimate of drug-likeness (QED) is 0.350. The molecular weight excluding hydrogens is 479 g/mol. The second-order valence-corrected chi connectivity index (χ2v) is 9.21. The second-order valence-electron chi connectivity index (χ2n) is 5.96. The number of halogens is 2. The van der Waals surface area contributed by atoms with Crippen LogP contribution in [0.4, 0.5) is 5.88 Å². The van der Waals surface area contributed by atoms with Gasteiger partial charge in [0.1, 0.15) is 0 Å². The van der Waals surface area contributed by atoms with E-state index >= 15 is 0 Å². The molecule has 3 aromatic rings. The first kappa shape index (κ1) is 22.1. The summed E-state index contributed by atoms with van der Waals surface area (Å²) < 4.78 is 31.2. The Balaban J connectivity index is 2.00. The summed E-state index contributed by atoms with van der Waals surface area (Å²) in [6.45, 7) is 4.28. The van der Waals surface area contributed by atoms with E-state index in [9.17, 15) is 4.57 Å². The molecule has 0 saturated heterocycles. The lowest BCUT2D eigenvalue weighted by atomic mass is 10.2. The van der Waals surface area contributed by atoms with E-state index in [1.165, 1.54) is 0 Å². The topological polar surface area (TPSA) is 73.6 Å². The van der Waals surface area contributed by atoms with Gasteiger partial charge in [0.15, 0.2) is 0 Å². The Kier molecular flexibility index (Phi) is 7.55. The van der Waals surface area contributed by atoms with Crippen LogP contribution in [-0.2, 0) is 20.2 Å². The molecule has 0 bridgehead atoms. The standard InChI is InChI=1S/C20H21BrClN2O4P/c1-3-26-29(25,27-4-2)20-19(23-13-15-7-5-6-8-17(15)22)28-18(24-20)14-9-11-16(21)12-10-14/h5-12,23H,3-4,13H2,1-2H3. The Morgan fingerprint density at radius 1 is 1.10 bits per heavy atom. The van der Waals surface area contributed by atoms with Crippen LogP contribution in [0, 0.1) is 0 Å². The highest BCUT2D eigenvalue weighted by atomic mass is 79.9. The molecule has 0 saturated carbocycles. The molecule has 3 rings (SSSR count). The van der Waals surface area contributed by atoms with E-state index in [2.05, 4.69) is 26.2 Å². The van der Waals surface area contributed by atoms with Crippen molar-refractivity contribution in [3.63, 3.8) is 0 Å². The summed E-state index contributed by atoms with van der Waals surface area (Å²) in [6.07, 6.45) is 0. The molecule has 1 N–H and O–H groups in total. The summed E-state index contributed by atoms with van der Waals surface area (Å²) in [5.41, 5.74) is 1.72. The molecule has 0 fully saturated rings. The summed E-state index contributed by atoms with van der Waals surface area (Å²) in [5, 5.41) is 3.76. The zero-order valence-electron chi connectivity index (χ0n) is 16.0. The normalized spacial score (nSPS) is 11.6. The number of rotatable bonds is 9. The van der Waals surface area contributed by atoms with Crippen molar-refractivity contribution in [2.24, 2.45) is 0 Å². The van der Waals surface area contributed by atoms with Crippen LogP contribution < -0.4 is 10.8 Å². The molecule has 1 heterocycles. The van der Waals surface area contributed by atoms with Gasteiger partial charge < -0.3 is 18.8 Å². The second kappa shape index (κ2) is 9.92. The Morgan fingerprint density at radius 2 is 1.76 bits per heavy atom. The van der Waals surface area contributed by atoms with Crippen molar-refractivity contribution in [3.8, 4) is 11.5 Å². The monoisotopic (exact) mass is 498 g/mol. The molecule has 9 heteroatoms. The van der Waals surface area contributed by atoms with Crippen LogP contribution in [0.25, 0.3) is 11.5 Å². The molecule has 154 valence electrons. The van der Waals surface area contributed by atoms with E-state index in [4.69, 9.17) is 25.1 Å². The van der Waals surface area contributed by atoms with Crippen LogP contribution in [-0.4, -0.2) is 18.2 Å². The van der Waals surface area contributed by atoms with Crippen molar-refractivity contribution in [3.05, 3.63) is 63.6 Å². The van der Waals surface area contributed by atoms with Crippen molar-refractivity contribution in [2.75, 3.05) is 18.5 Å². The fraction of sp³-hybridized carbons (Fsp3) is 0.250. The molecule has 6 nitrogen and oxygen atoms in total. The number of hydrogen-bond acceptors (Lipinski definition) is 6.